The molecule has 0 aromatic heterocycles. The molecule has 0 spiro atoms. The van der Waals surface area contributed by atoms with E-state index in [2.05, 4.69) is 5.32 Å². The van der Waals surface area contributed by atoms with Gasteiger partial charge in [0, 0.05) is 12.1 Å². The topological polar surface area (TPSA) is 64.3 Å². The Labute approximate surface area is 114 Å². The molecule has 1 aromatic rings. The average molecular weight is 262 g/mol. The van der Waals surface area contributed by atoms with E-state index >= 15 is 0 Å². The Kier molecular flexibility index (Phi) is 4.43. The molecule has 0 aliphatic heterocycles. The number of nitrogens with two attached hydrogens (primary N) is 1. The third-order valence-corrected chi connectivity index (χ3v) is 3.13. The van der Waals surface area contributed by atoms with Gasteiger partial charge in [0.05, 0.1) is 0 Å². The van der Waals surface area contributed by atoms with Crippen LogP contribution in [0.4, 0.5) is 0 Å². The Morgan fingerprint density at radius 1 is 1.53 bits per heavy atom. The second-order valence-electron chi connectivity index (χ2n) is 5.38. The molecule has 3 N–H and O–H groups in total. The lowest BCUT2D eigenvalue weighted by Gasteiger charge is -2.15. The Balaban J connectivity index is 1.98. The lowest BCUT2D eigenvalue weighted by atomic mass is 10.0. The number of carbonyl (C=O) groups excluding carboxylic acids is 1. The van der Waals surface area contributed by atoms with E-state index in [0.29, 0.717) is 6.04 Å². The molecule has 1 aliphatic rings. The summed E-state index contributed by atoms with van der Waals surface area (Å²) in [5, 5.41) is 2.92. The maximum absolute atomic E-state index is 11.7. The van der Waals surface area contributed by atoms with Gasteiger partial charge in [-0.15, -0.1) is 0 Å². The van der Waals surface area contributed by atoms with Crippen LogP contribution in [0.3, 0.4) is 0 Å². The predicted molar refractivity (Wildman–Crippen MR) is 75.2 cm³/mol. The highest BCUT2D eigenvalue weighted by Crippen LogP contribution is 2.24. The molecule has 0 radical (unpaired) electrons. The van der Waals surface area contributed by atoms with Crippen LogP contribution in [-0.4, -0.2) is 24.6 Å². The average Bonchev–Trinajstić information content (AvgIpc) is 3.11. The number of amides is 1. The Morgan fingerprint density at radius 2 is 2.26 bits per heavy atom. The molecule has 1 unspecified atom stereocenters. The van der Waals surface area contributed by atoms with Crippen LogP contribution in [0.25, 0.3) is 0 Å². The van der Waals surface area contributed by atoms with E-state index in [9.17, 15) is 4.79 Å². The molecule has 4 nitrogen and oxygen atoms in total. The number of benzene rings is 1. The van der Waals surface area contributed by atoms with Gasteiger partial charge in [0.1, 0.15) is 5.75 Å². The third-order valence-electron chi connectivity index (χ3n) is 3.13. The van der Waals surface area contributed by atoms with Crippen molar-refractivity contribution in [1.82, 2.24) is 5.32 Å². The summed E-state index contributed by atoms with van der Waals surface area (Å²) in [5.74, 6) is 0.753. The summed E-state index contributed by atoms with van der Waals surface area (Å²) >= 11 is 0. The molecule has 104 valence electrons. The molecular weight excluding hydrogens is 240 g/mol. The van der Waals surface area contributed by atoms with Gasteiger partial charge in [-0.2, -0.15) is 0 Å². The van der Waals surface area contributed by atoms with Gasteiger partial charge >= 0.3 is 0 Å². The predicted octanol–water partition coefficient (Wildman–Crippen LogP) is 1.54. The van der Waals surface area contributed by atoms with Crippen LogP contribution < -0.4 is 15.8 Å². The first-order valence-electron chi connectivity index (χ1n) is 6.82. The van der Waals surface area contributed by atoms with Crippen molar-refractivity contribution in [3.05, 3.63) is 29.3 Å². The van der Waals surface area contributed by atoms with Gasteiger partial charge in [-0.1, -0.05) is 18.2 Å². The van der Waals surface area contributed by atoms with Gasteiger partial charge in [-0.05, 0) is 44.2 Å². The molecule has 1 atom stereocenters. The van der Waals surface area contributed by atoms with Crippen LogP contribution in [0.1, 0.15) is 30.9 Å². The first-order chi connectivity index (χ1) is 9.06. The fraction of sp³-hybridized carbons (Fsp3) is 0.533. The zero-order chi connectivity index (χ0) is 13.8. The summed E-state index contributed by atoms with van der Waals surface area (Å²) < 4.78 is 5.69. The first kappa shape index (κ1) is 13.9. The highest BCUT2D eigenvalue weighted by molar-refractivity contribution is 5.78. The van der Waals surface area contributed by atoms with E-state index in [-0.39, 0.29) is 18.6 Å². The highest BCUT2D eigenvalue weighted by atomic mass is 16.5. The van der Waals surface area contributed by atoms with Crippen LogP contribution in [-0.2, 0) is 11.2 Å². The van der Waals surface area contributed by atoms with Crippen molar-refractivity contribution >= 4 is 5.91 Å². The molecule has 1 saturated carbocycles. The van der Waals surface area contributed by atoms with E-state index in [1.54, 1.807) is 0 Å². The Hall–Kier alpha value is -1.55. The first-order valence-corrected chi connectivity index (χ1v) is 6.82. The molecule has 1 aromatic carbocycles. The number of rotatable bonds is 6. The summed E-state index contributed by atoms with van der Waals surface area (Å²) in [6.45, 7) is 4.03. The van der Waals surface area contributed by atoms with Crippen LogP contribution in [0.5, 0.6) is 5.75 Å². The molecule has 1 fully saturated rings. The quantitative estimate of drug-likeness (QED) is 0.817. The van der Waals surface area contributed by atoms with Crippen molar-refractivity contribution in [2.75, 3.05) is 6.61 Å². The van der Waals surface area contributed by atoms with Crippen LogP contribution in [0, 0.1) is 6.92 Å². The second kappa shape index (κ2) is 6.06. The van der Waals surface area contributed by atoms with E-state index in [1.165, 1.54) is 0 Å². The van der Waals surface area contributed by atoms with E-state index in [1.807, 2.05) is 32.0 Å². The molecular formula is C15H22N2O2. The fourth-order valence-electron chi connectivity index (χ4n) is 2.06. The van der Waals surface area contributed by atoms with Crippen LogP contribution in [0.2, 0.25) is 0 Å². The van der Waals surface area contributed by atoms with Gasteiger partial charge in [-0.3, -0.25) is 4.79 Å². The van der Waals surface area contributed by atoms with Crippen molar-refractivity contribution in [2.45, 2.75) is 45.2 Å². The van der Waals surface area contributed by atoms with Gasteiger partial charge < -0.3 is 15.8 Å². The summed E-state index contributed by atoms with van der Waals surface area (Å²) in [6.07, 6.45) is 2.93. The number of para-hydroxylation sites is 1. The van der Waals surface area contributed by atoms with Crippen LogP contribution in [0.15, 0.2) is 18.2 Å². The summed E-state index contributed by atoms with van der Waals surface area (Å²) in [4.78, 5) is 11.7. The maximum atomic E-state index is 11.7. The third kappa shape index (κ3) is 4.24. The van der Waals surface area contributed by atoms with Crippen LogP contribution >= 0.6 is 0 Å². The normalized spacial score (nSPS) is 15.9. The van der Waals surface area contributed by atoms with E-state index < -0.39 is 0 Å². The smallest absolute Gasteiger partial charge is 0.258 e. The zero-order valence-corrected chi connectivity index (χ0v) is 11.6. The minimum atomic E-state index is -0.0440. The molecule has 1 amide bonds. The van der Waals surface area contributed by atoms with Crippen molar-refractivity contribution < 1.29 is 9.53 Å². The number of hydrogen-bond acceptors (Lipinski definition) is 3. The van der Waals surface area contributed by atoms with E-state index in [4.69, 9.17) is 10.5 Å². The standard InChI is InChI=1S/C15H22N2O2/c1-10-4-3-5-12(8-11(2)16)15(10)19-9-14(18)17-13-6-7-13/h3-5,11,13H,6-9,16H2,1-2H3,(H,17,18). The maximum Gasteiger partial charge on any atom is 0.258 e. The monoisotopic (exact) mass is 262 g/mol. The Bertz CT molecular complexity index is 453. The number of hydrogen-bond donors (Lipinski definition) is 2. The van der Waals surface area contributed by atoms with Crippen molar-refractivity contribution in [2.24, 2.45) is 5.73 Å². The summed E-state index contributed by atoms with van der Waals surface area (Å²) in [7, 11) is 0. The second-order valence-corrected chi connectivity index (χ2v) is 5.38. The molecule has 0 saturated heterocycles. The number of nitrogens with one attached hydrogen (secondary N) is 1. The van der Waals surface area contributed by atoms with E-state index in [0.717, 1.165) is 36.1 Å². The van der Waals surface area contributed by atoms with Gasteiger partial charge in [0.2, 0.25) is 0 Å². The van der Waals surface area contributed by atoms with Gasteiger partial charge in [-0.25, -0.2) is 0 Å². The minimum absolute atomic E-state index is 0.0440. The molecule has 4 heteroatoms. The highest BCUT2D eigenvalue weighted by Gasteiger charge is 2.23. The molecule has 19 heavy (non-hydrogen) atoms. The molecule has 0 heterocycles. The molecule has 0 bridgehead atoms. The molecule has 1 aliphatic carbocycles. The fourth-order valence-corrected chi connectivity index (χ4v) is 2.06. The Morgan fingerprint density at radius 3 is 2.89 bits per heavy atom. The zero-order valence-electron chi connectivity index (χ0n) is 11.6. The summed E-state index contributed by atoms with van der Waals surface area (Å²) in [6, 6.07) is 6.42. The molecule has 2 rings (SSSR count). The van der Waals surface area contributed by atoms with Crippen molar-refractivity contribution in [3.63, 3.8) is 0 Å². The number of ether oxygens (including phenoxy) is 1. The van der Waals surface area contributed by atoms with Crippen molar-refractivity contribution in [3.8, 4) is 5.75 Å². The van der Waals surface area contributed by atoms with Crippen molar-refractivity contribution in [1.29, 1.82) is 0 Å². The number of carbonyl (C=O) groups is 1. The number of aryl methyl sites for hydroxylation is 1. The van der Waals surface area contributed by atoms with Gasteiger partial charge in [0.25, 0.3) is 5.91 Å². The SMILES string of the molecule is Cc1cccc(CC(C)N)c1OCC(=O)NC1CC1. The summed E-state index contributed by atoms with van der Waals surface area (Å²) in [5.41, 5.74) is 7.94. The lowest BCUT2D eigenvalue weighted by molar-refractivity contribution is -0.123. The lowest BCUT2D eigenvalue weighted by Crippen LogP contribution is -2.30. The van der Waals surface area contributed by atoms with Gasteiger partial charge in [0.15, 0.2) is 6.61 Å². The largest absolute Gasteiger partial charge is 0.483 e. The minimum Gasteiger partial charge on any atom is -0.483 e.